The lowest BCUT2D eigenvalue weighted by Crippen LogP contribution is -2.60. The number of rotatable bonds is 14. The molecule has 3 aromatic carbocycles. The van der Waals surface area contributed by atoms with Crippen molar-refractivity contribution in [3.8, 4) is 17.6 Å². The molecule has 17 heteroatoms. The standard InChI is InChI=1S/C54H61Cl2N9O6/c1-53(2,38-27-36(30-57)48(45(56)28-38)70-26-18-55)37-3-6-42(7-4-37)71-32-39-13-19-58-52(59-39)64-24-22-63(23-25-64)40-11-16-54(17-12-40)33-61(34-54)31-35-14-20-62(21-15-35)41-5-8-43-44(29-41)51(69)65(50(43)68)46-9-10-47(66)60-49(46)67/h3-8,13,19,27-29,35,40,46H,9-12,14-18,20-26,31-34H2,1-2H3,(H,60,66,67). The fraction of sp³-hybridized carbons (Fsp3) is 0.500. The van der Waals surface area contributed by atoms with Crippen molar-refractivity contribution in [2.24, 2.45) is 11.3 Å². The SMILES string of the molecule is CC(C)(c1ccc(OCc2ccnc(N3CCN(C4CCC5(CC4)CN(CC4CCN(c6ccc7c(c6)C(=O)N(C6CCC(=O)NC6=O)C7=O)CC4)C5)CC3)n2)cc1)c1cc(Cl)c(OCCCl)c(C#N)c1. The molecule has 1 unspecified atom stereocenters. The summed E-state index contributed by atoms with van der Waals surface area (Å²) in [6.07, 6.45) is 9.31. The second-order valence-corrected chi connectivity index (χ2v) is 21.6. The third kappa shape index (κ3) is 10.1. The number of fused-ring (bicyclic) bond motifs is 1. The Morgan fingerprint density at radius 3 is 2.27 bits per heavy atom. The molecule has 5 fully saturated rings. The highest BCUT2D eigenvalue weighted by Gasteiger charge is 2.47. The molecule has 0 radical (unpaired) electrons. The third-order valence-electron chi connectivity index (χ3n) is 16.0. The van der Waals surface area contributed by atoms with Crippen LogP contribution in [-0.4, -0.2) is 132 Å². The van der Waals surface area contributed by atoms with E-state index in [0.717, 1.165) is 97.8 Å². The first kappa shape index (κ1) is 48.8. The van der Waals surface area contributed by atoms with Gasteiger partial charge in [0.1, 0.15) is 31.1 Å². The number of benzene rings is 3. The molecule has 15 nitrogen and oxygen atoms in total. The van der Waals surface area contributed by atoms with E-state index in [1.165, 1.54) is 38.8 Å². The number of likely N-dealkylation sites (tertiary alicyclic amines) is 1. The number of carbonyl (C=O) groups excluding carboxylic acids is 4. The van der Waals surface area contributed by atoms with E-state index in [4.69, 9.17) is 37.7 Å². The van der Waals surface area contributed by atoms with Crippen LogP contribution in [0.5, 0.6) is 11.5 Å². The third-order valence-corrected chi connectivity index (χ3v) is 16.5. The number of amides is 4. The van der Waals surface area contributed by atoms with Crippen molar-refractivity contribution >= 4 is 58.5 Å². The van der Waals surface area contributed by atoms with E-state index in [1.54, 1.807) is 6.07 Å². The lowest BCUT2D eigenvalue weighted by Gasteiger charge is -2.56. The molecule has 4 saturated heterocycles. The van der Waals surface area contributed by atoms with Crippen LogP contribution in [-0.2, 0) is 21.6 Å². The van der Waals surface area contributed by atoms with Gasteiger partial charge in [0.05, 0.1) is 33.3 Å². The molecule has 1 aliphatic carbocycles. The van der Waals surface area contributed by atoms with Crippen LogP contribution in [0.4, 0.5) is 11.6 Å². The molecule has 71 heavy (non-hydrogen) atoms. The minimum absolute atomic E-state index is 0.103. The van der Waals surface area contributed by atoms with Gasteiger partial charge in [-0.1, -0.05) is 37.6 Å². The second kappa shape index (κ2) is 20.4. The lowest BCUT2D eigenvalue weighted by molar-refractivity contribution is -0.136. The van der Waals surface area contributed by atoms with E-state index in [9.17, 15) is 24.4 Å². The molecule has 1 spiro atoms. The number of aromatic nitrogens is 2. The van der Waals surface area contributed by atoms with Crippen molar-refractivity contribution in [1.29, 1.82) is 5.26 Å². The Hall–Kier alpha value is -5.79. The van der Waals surface area contributed by atoms with Crippen LogP contribution in [0.1, 0.15) is 108 Å². The van der Waals surface area contributed by atoms with Gasteiger partial charge in [0.25, 0.3) is 11.8 Å². The molecule has 0 bridgehead atoms. The van der Waals surface area contributed by atoms with Gasteiger partial charge in [0.15, 0.2) is 5.75 Å². The van der Waals surface area contributed by atoms with Crippen LogP contribution in [0.2, 0.25) is 5.02 Å². The molecule has 5 aliphatic heterocycles. The Morgan fingerprint density at radius 2 is 1.56 bits per heavy atom. The number of nitrogens with one attached hydrogen (secondary N) is 1. The monoisotopic (exact) mass is 1000 g/mol. The van der Waals surface area contributed by atoms with Gasteiger partial charge < -0.3 is 24.2 Å². The molecule has 1 atom stereocenters. The molecular formula is C54H61Cl2N9O6. The van der Waals surface area contributed by atoms with E-state index in [0.29, 0.717) is 57.3 Å². The average molecular weight is 1000 g/mol. The number of piperidine rings is 2. The maximum absolute atomic E-state index is 13.4. The predicted octanol–water partition coefficient (Wildman–Crippen LogP) is 7.21. The topological polar surface area (TPSA) is 165 Å². The minimum Gasteiger partial charge on any atom is -0.489 e. The molecule has 4 aromatic rings. The summed E-state index contributed by atoms with van der Waals surface area (Å²) in [7, 11) is 0. The van der Waals surface area contributed by atoms with Gasteiger partial charge in [-0.25, -0.2) is 9.97 Å². The summed E-state index contributed by atoms with van der Waals surface area (Å²) >= 11 is 12.4. The largest absolute Gasteiger partial charge is 0.489 e. The van der Waals surface area contributed by atoms with E-state index >= 15 is 0 Å². The van der Waals surface area contributed by atoms with E-state index in [2.05, 4.69) is 49.8 Å². The molecule has 1 aromatic heterocycles. The predicted molar refractivity (Wildman–Crippen MR) is 270 cm³/mol. The van der Waals surface area contributed by atoms with Gasteiger partial charge in [-0.2, -0.15) is 5.26 Å². The smallest absolute Gasteiger partial charge is 0.262 e. The van der Waals surface area contributed by atoms with Gasteiger partial charge in [0.2, 0.25) is 17.8 Å². The Kier molecular flexibility index (Phi) is 14.0. The average Bonchev–Trinajstić information content (AvgIpc) is 3.62. The number of hydrogen-bond donors (Lipinski definition) is 1. The highest BCUT2D eigenvalue weighted by molar-refractivity contribution is 6.32. The number of ether oxygens (including phenoxy) is 2. The Labute approximate surface area is 425 Å². The molecular weight excluding hydrogens is 942 g/mol. The Balaban J connectivity index is 0.638. The quantitative estimate of drug-likeness (QED) is 0.0997. The summed E-state index contributed by atoms with van der Waals surface area (Å²) in [6.45, 7) is 13.9. The minimum atomic E-state index is -0.959. The summed E-state index contributed by atoms with van der Waals surface area (Å²) < 4.78 is 11.9. The fourth-order valence-electron chi connectivity index (χ4n) is 11.8. The lowest BCUT2D eigenvalue weighted by atomic mass is 9.67. The molecule has 10 rings (SSSR count). The first-order chi connectivity index (χ1) is 34.3. The number of alkyl halides is 1. The number of halogens is 2. The molecule has 4 amide bonds. The highest BCUT2D eigenvalue weighted by atomic mass is 35.5. The molecule has 6 heterocycles. The van der Waals surface area contributed by atoms with Crippen molar-refractivity contribution in [3.05, 3.63) is 105 Å². The number of nitrogens with zero attached hydrogens (tertiary/aromatic N) is 8. The van der Waals surface area contributed by atoms with E-state index in [1.807, 2.05) is 60.8 Å². The number of imide groups is 2. The number of hydrogen-bond acceptors (Lipinski definition) is 13. The van der Waals surface area contributed by atoms with Gasteiger partial charge in [-0.15, -0.1) is 11.6 Å². The van der Waals surface area contributed by atoms with Gasteiger partial charge in [-0.3, -0.25) is 34.3 Å². The van der Waals surface area contributed by atoms with Crippen molar-refractivity contribution in [2.75, 3.05) is 81.2 Å². The molecule has 372 valence electrons. The fourth-order valence-corrected chi connectivity index (χ4v) is 12.2. The van der Waals surface area contributed by atoms with Crippen molar-refractivity contribution in [2.45, 2.75) is 89.3 Å². The van der Waals surface area contributed by atoms with Crippen LogP contribution in [0, 0.1) is 22.7 Å². The van der Waals surface area contributed by atoms with Crippen molar-refractivity contribution in [3.63, 3.8) is 0 Å². The molecule has 1 saturated carbocycles. The molecule has 1 N–H and O–H groups in total. The summed E-state index contributed by atoms with van der Waals surface area (Å²) in [6, 6.07) is 20.9. The first-order valence-corrected chi connectivity index (χ1v) is 26.0. The van der Waals surface area contributed by atoms with Gasteiger partial charge in [-0.05, 0) is 116 Å². The number of piperazine rings is 1. The highest BCUT2D eigenvalue weighted by Crippen LogP contribution is 2.46. The Morgan fingerprint density at radius 1 is 0.831 bits per heavy atom. The van der Waals surface area contributed by atoms with Gasteiger partial charge >= 0.3 is 0 Å². The zero-order chi connectivity index (χ0) is 49.4. The first-order valence-electron chi connectivity index (χ1n) is 25.1. The van der Waals surface area contributed by atoms with Crippen LogP contribution < -0.4 is 24.6 Å². The van der Waals surface area contributed by atoms with Crippen molar-refractivity contribution < 1.29 is 28.7 Å². The van der Waals surface area contributed by atoms with E-state index in [-0.39, 0.29) is 25.4 Å². The summed E-state index contributed by atoms with van der Waals surface area (Å²) in [4.78, 5) is 71.3. The zero-order valence-electron chi connectivity index (χ0n) is 40.5. The van der Waals surface area contributed by atoms with Crippen LogP contribution in [0.3, 0.4) is 0 Å². The zero-order valence-corrected chi connectivity index (χ0v) is 42.0. The maximum Gasteiger partial charge on any atom is 0.262 e. The maximum atomic E-state index is 13.4. The Bertz CT molecular complexity index is 2720. The second-order valence-electron chi connectivity index (χ2n) is 20.8. The number of anilines is 2. The van der Waals surface area contributed by atoms with E-state index < -0.39 is 29.2 Å². The molecule has 6 aliphatic rings. The summed E-state index contributed by atoms with van der Waals surface area (Å²) in [5.41, 5.74) is 4.75. The van der Waals surface area contributed by atoms with Crippen molar-refractivity contribution in [1.82, 2.24) is 30.0 Å². The van der Waals surface area contributed by atoms with Crippen LogP contribution in [0.25, 0.3) is 0 Å². The number of nitriles is 1. The summed E-state index contributed by atoms with van der Waals surface area (Å²) in [5.74, 6) is 0.867. The van der Waals surface area contributed by atoms with Crippen LogP contribution in [0.15, 0.2) is 66.9 Å². The number of carbonyl (C=O) groups is 4. The normalized spacial score (nSPS) is 21.3. The summed E-state index contributed by atoms with van der Waals surface area (Å²) in [5, 5.41) is 12.5. The van der Waals surface area contributed by atoms with Crippen LogP contribution >= 0.6 is 23.2 Å². The van der Waals surface area contributed by atoms with Gasteiger partial charge in [0, 0.05) is 88.7 Å².